The van der Waals surface area contributed by atoms with Crippen molar-refractivity contribution in [3.63, 3.8) is 0 Å². The largest absolute Gasteiger partial charge is 1.00 e. The van der Waals surface area contributed by atoms with E-state index in [9.17, 15) is 0 Å². The number of hydrogen-bond acceptors (Lipinski definition) is 2. The Bertz CT molecular complexity index is 351. The van der Waals surface area contributed by atoms with Crippen LogP contribution in [0.3, 0.4) is 0 Å². The minimum atomic E-state index is 0. The van der Waals surface area contributed by atoms with Crippen molar-refractivity contribution in [1.29, 1.82) is 0 Å². The summed E-state index contributed by atoms with van der Waals surface area (Å²) in [5.41, 5.74) is 10.1. The Morgan fingerprint density at radius 1 is 1.50 bits per heavy atom. The van der Waals surface area contributed by atoms with Gasteiger partial charge in [-0.3, -0.25) is 0 Å². The van der Waals surface area contributed by atoms with Gasteiger partial charge in [-0.15, -0.1) is 11.6 Å². The Balaban J connectivity index is 0.000000750. The van der Waals surface area contributed by atoms with Crippen LogP contribution in [-0.2, 0) is 6.42 Å². The predicted molar refractivity (Wildman–Crippen MR) is 52.8 cm³/mol. The van der Waals surface area contributed by atoms with E-state index < -0.39 is 0 Å². The molecule has 0 saturated carbocycles. The van der Waals surface area contributed by atoms with Crippen LogP contribution in [0.4, 0.5) is 5.69 Å². The zero-order valence-corrected chi connectivity index (χ0v) is 8.51. The van der Waals surface area contributed by atoms with E-state index in [-0.39, 0.29) is 18.9 Å². The topological polar surface area (TPSA) is 38.0 Å². The van der Waals surface area contributed by atoms with Crippen molar-refractivity contribution in [2.45, 2.75) is 24.8 Å². The number of nitrogens with one attached hydrogen (secondary N) is 1. The first-order chi connectivity index (χ1) is 6.34. The summed E-state index contributed by atoms with van der Waals surface area (Å²) in [6, 6.07) is 7.77. The molecule has 0 saturated heterocycles. The molecule has 1 aliphatic heterocycles. The Labute approximate surface area is 96.4 Å². The molecule has 0 spiro atoms. The molecule has 68 valence electrons. The summed E-state index contributed by atoms with van der Waals surface area (Å²) < 4.78 is 0. The number of rotatable bonds is 0. The summed E-state index contributed by atoms with van der Waals surface area (Å²) >= 11 is 0. The molecule has 0 bridgehead atoms. The first-order valence-corrected chi connectivity index (χ1v) is 4.87. The molecular formula is C11H13LiN2. The number of benzene rings is 1. The van der Waals surface area contributed by atoms with Crippen LogP contribution in [0, 0.1) is 6.07 Å². The molecule has 2 unspecified atom stereocenters. The smallest absolute Gasteiger partial charge is 0.406 e. The molecule has 2 nitrogen and oxygen atoms in total. The van der Waals surface area contributed by atoms with Gasteiger partial charge in [-0.25, -0.2) is 0 Å². The van der Waals surface area contributed by atoms with Crippen LogP contribution in [0.5, 0.6) is 0 Å². The summed E-state index contributed by atoms with van der Waals surface area (Å²) in [4.78, 5) is 0. The van der Waals surface area contributed by atoms with Crippen molar-refractivity contribution in [3.05, 3.63) is 29.3 Å². The second-order valence-electron chi connectivity index (χ2n) is 4.06. The van der Waals surface area contributed by atoms with Gasteiger partial charge < -0.3 is 11.1 Å². The minimum absolute atomic E-state index is 0. The molecule has 1 aromatic carbocycles. The van der Waals surface area contributed by atoms with E-state index in [4.69, 9.17) is 5.73 Å². The maximum Gasteiger partial charge on any atom is 1.00 e. The van der Waals surface area contributed by atoms with E-state index in [0.29, 0.717) is 12.0 Å². The molecule has 1 aromatic rings. The Morgan fingerprint density at radius 3 is 3.21 bits per heavy atom. The molecule has 0 amide bonds. The molecule has 3 rings (SSSR count). The van der Waals surface area contributed by atoms with Crippen LogP contribution in [-0.4, -0.2) is 12.6 Å². The Morgan fingerprint density at radius 2 is 2.36 bits per heavy atom. The zero-order valence-electron chi connectivity index (χ0n) is 8.51. The maximum atomic E-state index is 5.99. The molecule has 1 aliphatic carbocycles. The molecule has 0 fully saturated rings. The first-order valence-electron chi connectivity index (χ1n) is 4.87. The van der Waals surface area contributed by atoms with E-state index in [1.165, 1.54) is 16.8 Å². The van der Waals surface area contributed by atoms with Gasteiger partial charge in [-0.1, -0.05) is 5.69 Å². The molecule has 0 aromatic heterocycles. The van der Waals surface area contributed by atoms with E-state index >= 15 is 0 Å². The van der Waals surface area contributed by atoms with Gasteiger partial charge >= 0.3 is 18.9 Å². The summed E-state index contributed by atoms with van der Waals surface area (Å²) in [6.07, 6.45) is 2.13. The SMILES string of the molecule is NC1Cc2[c-]ccc3c2C(CN3)C1.[Li+]. The summed E-state index contributed by atoms with van der Waals surface area (Å²) in [5.74, 6) is 0.645. The van der Waals surface area contributed by atoms with Crippen molar-refractivity contribution < 1.29 is 18.9 Å². The van der Waals surface area contributed by atoms with Gasteiger partial charge in [-0.2, -0.15) is 17.7 Å². The Kier molecular flexibility index (Phi) is 2.61. The molecular weight excluding hydrogens is 167 g/mol. The van der Waals surface area contributed by atoms with E-state index in [2.05, 4.69) is 17.4 Å². The quantitative estimate of drug-likeness (QED) is 0.368. The molecule has 3 N–H and O–H groups in total. The summed E-state index contributed by atoms with van der Waals surface area (Å²) in [7, 11) is 0. The van der Waals surface area contributed by atoms with Crippen LogP contribution in [0.15, 0.2) is 12.1 Å². The monoisotopic (exact) mass is 180 g/mol. The summed E-state index contributed by atoms with van der Waals surface area (Å²) in [5, 5.41) is 3.43. The fraction of sp³-hybridized carbons (Fsp3) is 0.455. The maximum absolute atomic E-state index is 5.99. The van der Waals surface area contributed by atoms with Gasteiger partial charge in [-0.05, 0) is 18.8 Å². The third-order valence-corrected chi connectivity index (χ3v) is 3.12. The van der Waals surface area contributed by atoms with Crippen LogP contribution in [0.2, 0.25) is 0 Å². The van der Waals surface area contributed by atoms with Crippen LogP contribution >= 0.6 is 0 Å². The van der Waals surface area contributed by atoms with E-state index in [1.54, 1.807) is 0 Å². The molecule has 14 heavy (non-hydrogen) atoms. The first kappa shape index (κ1) is 10.1. The second-order valence-corrected chi connectivity index (χ2v) is 4.06. The average Bonchev–Trinajstić information content (AvgIpc) is 2.50. The standard InChI is InChI=1S/C11H13N2.Li/c12-9-4-7-2-1-3-10-11(7)8(5-9)6-13-10;/h1,3,8-9,13H,4-6,12H2;/q-1;+1. The number of anilines is 1. The third-order valence-electron chi connectivity index (χ3n) is 3.12. The molecule has 3 heteroatoms. The molecule has 2 atom stereocenters. The minimum Gasteiger partial charge on any atom is -0.406 e. The van der Waals surface area contributed by atoms with Crippen molar-refractivity contribution >= 4 is 5.69 Å². The Hall–Kier alpha value is -0.423. The van der Waals surface area contributed by atoms with E-state index in [0.717, 1.165) is 19.4 Å². The van der Waals surface area contributed by atoms with Gasteiger partial charge in [0.15, 0.2) is 0 Å². The molecule has 2 aliphatic rings. The van der Waals surface area contributed by atoms with Gasteiger partial charge in [0, 0.05) is 12.6 Å². The predicted octanol–water partition coefficient (Wildman–Crippen LogP) is -1.73. The fourth-order valence-electron chi connectivity index (χ4n) is 2.59. The van der Waals surface area contributed by atoms with Crippen molar-refractivity contribution in [2.24, 2.45) is 5.73 Å². The second kappa shape index (κ2) is 3.62. The number of hydrogen-bond donors (Lipinski definition) is 2. The van der Waals surface area contributed by atoms with Crippen LogP contribution in [0.25, 0.3) is 0 Å². The van der Waals surface area contributed by atoms with Crippen LogP contribution < -0.4 is 29.9 Å². The van der Waals surface area contributed by atoms with Crippen LogP contribution in [0.1, 0.15) is 23.5 Å². The summed E-state index contributed by atoms with van der Waals surface area (Å²) in [6.45, 7) is 1.06. The zero-order chi connectivity index (χ0) is 8.84. The fourth-order valence-corrected chi connectivity index (χ4v) is 2.59. The number of nitrogens with two attached hydrogens (primary N) is 1. The van der Waals surface area contributed by atoms with Gasteiger partial charge in [0.2, 0.25) is 0 Å². The van der Waals surface area contributed by atoms with Gasteiger partial charge in [0.1, 0.15) is 0 Å². The van der Waals surface area contributed by atoms with Gasteiger partial charge in [0.25, 0.3) is 0 Å². The molecule has 1 heterocycles. The average molecular weight is 180 g/mol. The van der Waals surface area contributed by atoms with Gasteiger partial charge in [0.05, 0.1) is 0 Å². The molecule has 0 radical (unpaired) electrons. The van der Waals surface area contributed by atoms with Crippen molar-refractivity contribution in [1.82, 2.24) is 0 Å². The van der Waals surface area contributed by atoms with Crippen molar-refractivity contribution in [3.8, 4) is 0 Å². The van der Waals surface area contributed by atoms with E-state index in [1.807, 2.05) is 6.07 Å². The van der Waals surface area contributed by atoms with Crippen molar-refractivity contribution in [2.75, 3.05) is 11.9 Å². The normalized spacial score (nSPS) is 27.5. The third kappa shape index (κ3) is 1.39.